The molecular formula is C14H17NO. The quantitative estimate of drug-likeness (QED) is 0.838. The van der Waals surface area contributed by atoms with Crippen molar-refractivity contribution in [3.63, 3.8) is 0 Å². The van der Waals surface area contributed by atoms with Gasteiger partial charge >= 0.3 is 0 Å². The van der Waals surface area contributed by atoms with E-state index < -0.39 is 6.10 Å². The van der Waals surface area contributed by atoms with E-state index >= 15 is 0 Å². The number of aliphatic hydroxyl groups excluding tert-OH is 1. The van der Waals surface area contributed by atoms with Crippen molar-refractivity contribution >= 4 is 0 Å². The summed E-state index contributed by atoms with van der Waals surface area (Å²) >= 11 is 0. The van der Waals surface area contributed by atoms with Gasteiger partial charge in [-0.15, -0.1) is 0 Å². The molecule has 2 unspecified atom stereocenters. The Labute approximate surface area is 96.5 Å². The van der Waals surface area contributed by atoms with Gasteiger partial charge in [0.1, 0.15) is 0 Å². The lowest BCUT2D eigenvalue weighted by atomic mass is 9.93. The Morgan fingerprint density at radius 3 is 2.81 bits per heavy atom. The number of hydrogen-bond donors (Lipinski definition) is 1. The number of rotatable bonds is 4. The van der Waals surface area contributed by atoms with Crippen molar-refractivity contribution in [3.8, 4) is 6.07 Å². The SMILES string of the molecule is CCC(C#N)C(O)c1cccc(C2CC2)c1. The van der Waals surface area contributed by atoms with Crippen LogP contribution in [0.15, 0.2) is 24.3 Å². The van der Waals surface area contributed by atoms with Gasteiger partial charge in [0.25, 0.3) is 0 Å². The first-order valence-electron chi connectivity index (χ1n) is 5.93. The molecule has 1 aliphatic rings. The van der Waals surface area contributed by atoms with Crippen LogP contribution in [0.5, 0.6) is 0 Å². The van der Waals surface area contributed by atoms with Crippen LogP contribution in [0, 0.1) is 17.2 Å². The second-order valence-corrected chi connectivity index (χ2v) is 4.53. The van der Waals surface area contributed by atoms with Crippen molar-refractivity contribution in [1.82, 2.24) is 0 Å². The number of aliphatic hydroxyl groups is 1. The molecule has 1 aromatic carbocycles. The lowest BCUT2D eigenvalue weighted by molar-refractivity contribution is 0.132. The first kappa shape index (κ1) is 11.2. The van der Waals surface area contributed by atoms with Crippen LogP contribution in [-0.4, -0.2) is 5.11 Å². The predicted molar refractivity (Wildman–Crippen MR) is 62.8 cm³/mol. The summed E-state index contributed by atoms with van der Waals surface area (Å²) in [5, 5.41) is 19.0. The lowest BCUT2D eigenvalue weighted by Crippen LogP contribution is -2.09. The van der Waals surface area contributed by atoms with Crippen LogP contribution in [0.2, 0.25) is 0 Å². The molecule has 0 aromatic heterocycles. The van der Waals surface area contributed by atoms with E-state index in [1.165, 1.54) is 18.4 Å². The van der Waals surface area contributed by atoms with Crippen molar-refractivity contribution < 1.29 is 5.11 Å². The van der Waals surface area contributed by atoms with Gasteiger partial charge in [-0.3, -0.25) is 0 Å². The Kier molecular flexibility index (Phi) is 3.26. The molecule has 0 heterocycles. The van der Waals surface area contributed by atoms with E-state index in [9.17, 15) is 5.11 Å². The molecule has 0 saturated heterocycles. The third kappa shape index (κ3) is 2.25. The van der Waals surface area contributed by atoms with Crippen molar-refractivity contribution in [2.75, 3.05) is 0 Å². The molecular weight excluding hydrogens is 198 g/mol. The third-order valence-electron chi connectivity index (χ3n) is 3.29. The summed E-state index contributed by atoms with van der Waals surface area (Å²) in [6.45, 7) is 1.93. The first-order valence-corrected chi connectivity index (χ1v) is 5.93. The molecule has 1 N–H and O–H groups in total. The Balaban J connectivity index is 2.19. The standard InChI is InChI=1S/C14H17NO/c1-2-10(9-15)14(16)13-5-3-4-12(8-13)11-6-7-11/h3-5,8,10-11,14,16H,2,6-7H2,1H3. The van der Waals surface area contributed by atoms with E-state index in [0.717, 1.165) is 5.56 Å². The maximum atomic E-state index is 10.1. The molecule has 2 rings (SSSR count). The van der Waals surface area contributed by atoms with Crippen molar-refractivity contribution in [2.24, 2.45) is 5.92 Å². The van der Waals surface area contributed by atoms with Gasteiger partial charge in [0, 0.05) is 0 Å². The van der Waals surface area contributed by atoms with E-state index in [2.05, 4.69) is 18.2 Å². The summed E-state index contributed by atoms with van der Waals surface area (Å²) in [6.07, 6.45) is 2.56. The van der Waals surface area contributed by atoms with Crippen molar-refractivity contribution in [2.45, 2.75) is 38.2 Å². The van der Waals surface area contributed by atoms with Crippen LogP contribution >= 0.6 is 0 Å². The smallest absolute Gasteiger partial charge is 0.0948 e. The van der Waals surface area contributed by atoms with Gasteiger partial charge in [-0.05, 0) is 36.3 Å². The molecule has 2 atom stereocenters. The number of benzene rings is 1. The van der Waals surface area contributed by atoms with Gasteiger partial charge in [0.2, 0.25) is 0 Å². The Morgan fingerprint density at radius 1 is 1.50 bits per heavy atom. The zero-order valence-electron chi connectivity index (χ0n) is 9.56. The molecule has 1 saturated carbocycles. The Morgan fingerprint density at radius 2 is 2.25 bits per heavy atom. The topological polar surface area (TPSA) is 44.0 Å². The van der Waals surface area contributed by atoms with Crippen molar-refractivity contribution in [1.29, 1.82) is 5.26 Å². The highest BCUT2D eigenvalue weighted by Crippen LogP contribution is 2.41. The summed E-state index contributed by atoms with van der Waals surface area (Å²) in [6, 6.07) is 10.2. The average Bonchev–Trinajstić information content (AvgIpc) is 3.14. The van der Waals surface area contributed by atoms with E-state index in [1.54, 1.807) is 0 Å². The lowest BCUT2D eigenvalue weighted by Gasteiger charge is -2.16. The van der Waals surface area contributed by atoms with Crippen LogP contribution in [0.4, 0.5) is 0 Å². The van der Waals surface area contributed by atoms with E-state index in [4.69, 9.17) is 5.26 Å². The van der Waals surface area contributed by atoms with Crippen LogP contribution in [0.3, 0.4) is 0 Å². The molecule has 1 aliphatic carbocycles. The minimum absolute atomic E-state index is 0.297. The summed E-state index contributed by atoms with van der Waals surface area (Å²) in [7, 11) is 0. The van der Waals surface area contributed by atoms with Crippen molar-refractivity contribution in [3.05, 3.63) is 35.4 Å². The summed E-state index contributed by atoms with van der Waals surface area (Å²) < 4.78 is 0. The molecule has 0 amide bonds. The van der Waals surface area contributed by atoms with E-state index in [1.807, 2.05) is 19.1 Å². The molecule has 0 spiro atoms. The van der Waals surface area contributed by atoms with Crippen LogP contribution < -0.4 is 0 Å². The molecule has 16 heavy (non-hydrogen) atoms. The minimum atomic E-state index is -0.645. The molecule has 1 fully saturated rings. The monoisotopic (exact) mass is 215 g/mol. The highest BCUT2D eigenvalue weighted by molar-refractivity contribution is 5.31. The molecule has 0 aliphatic heterocycles. The molecule has 84 valence electrons. The van der Waals surface area contributed by atoms with Gasteiger partial charge < -0.3 is 5.11 Å². The summed E-state index contributed by atoms with van der Waals surface area (Å²) in [4.78, 5) is 0. The number of hydrogen-bond acceptors (Lipinski definition) is 2. The third-order valence-corrected chi connectivity index (χ3v) is 3.29. The summed E-state index contributed by atoms with van der Waals surface area (Å²) in [5.41, 5.74) is 2.20. The zero-order valence-corrected chi connectivity index (χ0v) is 9.56. The fraction of sp³-hybridized carbons (Fsp3) is 0.500. The van der Waals surface area contributed by atoms with E-state index in [-0.39, 0.29) is 5.92 Å². The fourth-order valence-corrected chi connectivity index (χ4v) is 2.03. The largest absolute Gasteiger partial charge is 0.387 e. The van der Waals surface area contributed by atoms with Crippen LogP contribution in [-0.2, 0) is 0 Å². The highest BCUT2D eigenvalue weighted by Gasteiger charge is 2.25. The first-order chi connectivity index (χ1) is 7.76. The predicted octanol–water partition coefficient (Wildman–Crippen LogP) is 3.15. The molecule has 0 radical (unpaired) electrons. The summed E-state index contributed by atoms with van der Waals surface area (Å²) in [5.74, 6) is 0.392. The minimum Gasteiger partial charge on any atom is -0.387 e. The van der Waals surface area contributed by atoms with Gasteiger partial charge in [-0.2, -0.15) is 5.26 Å². The second-order valence-electron chi connectivity index (χ2n) is 4.53. The van der Waals surface area contributed by atoms with Gasteiger partial charge in [-0.1, -0.05) is 31.2 Å². The number of nitriles is 1. The van der Waals surface area contributed by atoms with Gasteiger partial charge in [-0.25, -0.2) is 0 Å². The maximum Gasteiger partial charge on any atom is 0.0948 e. The Hall–Kier alpha value is -1.33. The molecule has 2 heteroatoms. The van der Waals surface area contributed by atoms with Crippen LogP contribution in [0.1, 0.15) is 49.3 Å². The zero-order chi connectivity index (χ0) is 11.5. The number of nitrogens with zero attached hydrogens (tertiary/aromatic N) is 1. The molecule has 2 nitrogen and oxygen atoms in total. The normalized spacial score (nSPS) is 18.8. The molecule has 1 aromatic rings. The van der Waals surface area contributed by atoms with Gasteiger partial charge in [0.05, 0.1) is 18.1 Å². The average molecular weight is 215 g/mol. The maximum absolute atomic E-state index is 10.1. The second kappa shape index (κ2) is 4.67. The van der Waals surface area contributed by atoms with E-state index in [0.29, 0.717) is 12.3 Å². The van der Waals surface area contributed by atoms with Gasteiger partial charge in [0.15, 0.2) is 0 Å². The highest BCUT2D eigenvalue weighted by atomic mass is 16.3. The fourth-order valence-electron chi connectivity index (χ4n) is 2.03. The molecule has 0 bridgehead atoms. The van der Waals surface area contributed by atoms with Crippen LogP contribution in [0.25, 0.3) is 0 Å². The Bertz CT molecular complexity index is 403.